The van der Waals surface area contributed by atoms with Gasteiger partial charge in [0.2, 0.25) is 0 Å². The number of hydrogen-bond donors (Lipinski definition) is 2. The number of carboxylic acids is 1. The molecule has 0 radical (unpaired) electrons. The molecule has 2 atom stereocenters. The van der Waals surface area contributed by atoms with Gasteiger partial charge in [0.15, 0.2) is 5.54 Å². The number of urea groups is 1. The zero-order valence-corrected chi connectivity index (χ0v) is 9.94. The van der Waals surface area contributed by atoms with Gasteiger partial charge in [0.05, 0.1) is 6.61 Å². The third-order valence-corrected chi connectivity index (χ3v) is 3.59. The molecule has 0 spiro atoms. The van der Waals surface area contributed by atoms with Gasteiger partial charge in [-0.3, -0.25) is 0 Å². The molecule has 2 N–H and O–H groups in total. The Labute approximate surface area is 99.9 Å². The van der Waals surface area contributed by atoms with Gasteiger partial charge in [0.25, 0.3) is 0 Å². The highest BCUT2D eigenvalue weighted by Gasteiger charge is 2.45. The van der Waals surface area contributed by atoms with E-state index in [9.17, 15) is 14.7 Å². The Morgan fingerprint density at radius 2 is 2.29 bits per heavy atom. The Morgan fingerprint density at radius 3 is 2.76 bits per heavy atom. The summed E-state index contributed by atoms with van der Waals surface area (Å²) in [6, 6.07) is -0.105. The van der Waals surface area contributed by atoms with Crippen molar-refractivity contribution in [2.45, 2.75) is 37.8 Å². The van der Waals surface area contributed by atoms with E-state index >= 15 is 0 Å². The quantitative estimate of drug-likeness (QED) is 0.735. The fourth-order valence-electron chi connectivity index (χ4n) is 2.40. The van der Waals surface area contributed by atoms with Gasteiger partial charge >= 0.3 is 12.0 Å². The summed E-state index contributed by atoms with van der Waals surface area (Å²) >= 11 is 0. The molecule has 0 aliphatic carbocycles. The van der Waals surface area contributed by atoms with E-state index in [4.69, 9.17) is 4.74 Å². The van der Waals surface area contributed by atoms with Crippen molar-refractivity contribution in [1.29, 1.82) is 0 Å². The fraction of sp³-hybridized carbons (Fsp3) is 0.818. The number of aliphatic carboxylic acids is 1. The summed E-state index contributed by atoms with van der Waals surface area (Å²) in [5.74, 6) is -1.02. The van der Waals surface area contributed by atoms with E-state index in [0.29, 0.717) is 19.6 Å². The summed E-state index contributed by atoms with van der Waals surface area (Å²) in [7, 11) is 0. The second kappa shape index (κ2) is 4.52. The van der Waals surface area contributed by atoms with Crippen molar-refractivity contribution < 1.29 is 19.4 Å². The van der Waals surface area contributed by atoms with Crippen molar-refractivity contribution in [2.75, 3.05) is 19.8 Å². The van der Waals surface area contributed by atoms with Crippen molar-refractivity contribution in [3.05, 3.63) is 0 Å². The number of likely N-dealkylation sites (tertiary alicyclic amines) is 1. The first kappa shape index (κ1) is 12.2. The van der Waals surface area contributed by atoms with Crippen LogP contribution in [-0.2, 0) is 9.53 Å². The molecular weight excluding hydrogens is 224 g/mol. The van der Waals surface area contributed by atoms with Crippen LogP contribution in [0.1, 0.15) is 26.2 Å². The van der Waals surface area contributed by atoms with E-state index in [0.717, 1.165) is 12.8 Å². The minimum Gasteiger partial charge on any atom is -0.479 e. The van der Waals surface area contributed by atoms with Gasteiger partial charge in [0, 0.05) is 25.6 Å². The van der Waals surface area contributed by atoms with Crippen LogP contribution < -0.4 is 5.32 Å². The Bertz CT molecular complexity index is 325. The van der Waals surface area contributed by atoms with Crippen LogP contribution in [0.2, 0.25) is 0 Å². The predicted molar refractivity (Wildman–Crippen MR) is 59.7 cm³/mol. The summed E-state index contributed by atoms with van der Waals surface area (Å²) in [6.07, 6.45) is 2.28. The molecule has 0 aromatic heterocycles. The third-order valence-electron chi connectivity index (χ3n) is 3.59. The predicted octanol–water partition coefficient (Wildman–Crippen LogP) is 0.424. The topological polar surface area (TPSA) is 78.9 Å². The molecule has 0 bridgehead atoms. The summed E-state index contributed by atoms with van der Waals surface area (Å²) in [5, 5.41) is 11.8. The molecule has 2 rings (SSSR count). The lowest BCUT2D eigenvalue weighted by atomic mass is 9.99. The number of carboxylic acid groups (broad SMARTS) is 1. The van der Waals surface area contributed by atoms with Crippen molar-refractivity contribution in [2.24, 2.45) is 0 Å². The first-order valence-electron chi connectivity index (χ1n) is 5.95. The second-order valence-electron chi connectivity index (χ2n) is 4.80. The van der Waals surface area contributed by atoms with Crippen molar-refractivity contribution in [1.82, 2.24) is 10.2 Å². The zero-order valence-electron chi connectivity index (χ0n) is 9.94. The van der Waals surface area contributed by atoms with E-state index in [2.05, 4.69) is 5.32 Å². The van der Waals surface area contributed by atoms with E-state index in [1.807, 2.05) is 6.92 Å². The molecule has 17 heavy (non-hydrogen) atoms. The highest BCUT2D eigenvalue weighted by molar-refractivity contribution is 5.87. The summed E-state index contributed by atoms with van der Waals surface area (Å²) in [6.45, 7) is 3.10. The normalized spacial score (nSPS) is 32.8. The van der Waals surface area contributed by atoms with Gasteiger partial charge in [-0.1, -0.05) is 0 Å². The zero-order chi connectivity index (χ0) is 12.5. The highest BCUT2D eigenvalue weighted by Crippen LogP contribution is 2.22. The molecule has 2 fully saturated rings. The van der Waals surface area contributed by atoms with Crippen LogP contribution in [0.15, 0.2) is 0 Å². The maximum Gasteiger partial charge on any atom is 0.332 e. The number of rotatable bonds is 2. The number of amides is 2. The number of ether oxygens (including phenoxy) is 1. The molecule has 96 valence electrons. The van der Waals surface area contributed by atoms with Crippen LogP contribution >= 0.6 is 0 Å². The third kappa shape index (κ3) is 2.22. The maximum absolute atomic E-state index is 12.0. The lowest BCUT2D eigenvalue weighted by Crippen LogP contribution is -2.58. The molecule has 0 saturated carbocycles. The van der Waals surface area contributed by atoms with Gasteiger partial charge in [-0.2, -0.15) is 0 Å². The molecule has 6 nitrogen and oxygen atoms in total. The second-order valence-corrected chi connectivity index (χ2v) is 4.80. The van der Waals surface area contributed by atoms with Crippen LogP contribution in [-0.4, -0.2) is 53.3 Å². The molecular formula is C11H18N2O4. The largest absolute Gasteiger partial charge is 0.479 e. The molecule has 0 aromatic carbocycles. The van der Waals surface area contributed by atoms with Gasteiger partial charge in [0.1, 0.15) is 0 Å². The Hall–Kier alpha value is -1.30. The molecule has 6 heteroatoms. The highest BCUT2D eigenvalue weighted by atomic mass is 16.5. The molecule has 0 aromatic rings. The Kier molecular flexibility index (Phi) is 3.24. The fourth-order valence-corrected chi connectivity index (χ4v) is 2.40. The van der Waals surface area contributed by atoms with Crippen LogP contribution in [0.3, 0.4) is 0 Å². The average Bonchev–Trinajstić information content (AvgIpc) is 2.87. The Balaban J connectivity index is 2.03. The van der Waals surface area contributed by atoms with Crippen LogP contribution in [0.4, 0.5) is 4.79 Å². The van der Waals surface area contributed by atoms with Gasteiger partial charge in [-0.15, -0.1) is 0 Å². The summed E-state index contributed by atoms with van der Waals surface area (Å²) < 4.78 is 5.10. The lowest BCUT2D eigenvalue weighted by Gasteiger charge is -2.29. The standard InChI is InChI=1S/C11H18N2O4/c1-8-3-2-5-13(8)10(16)12-11(9(14)15)4-6-17-7-11/h8H,2-7H2,1H3,(H,12,16)(H,14,15). The van der Waals surface area contributed by atoms with Crippen LogP contribution in [0.25, 0.3) is 0 Å². The van der Waals surface area contributed by atoms with Crippen molar-refractivity contribution in [3.63, 3.8) is 0 Å². The summed E-state index contributed by atoms with van der Waals surface area (Å²) in [4.78, 5) is 25.0. The van der Waals surface area contributed by atoms with E-state index < -0.39 is 11.5 Å². The van der Waals surface area contributed by atoms with Gasteiger partial charge < -0.3 is 20.1 Å². The molecule has 2 amide bonds. The number of carbonyl (C=O) groups is 2. The van der Waals surface area contributed by atoms with E-state index in [-0.39, 0.29) is 18.7 Å². The monoisotopic (exact) mass is 242 g/mol. The smallest absolute Gasteiger partial charge is 0.332 e. The van der Waals surface area contributed by atoms with Gasteiger partial charge in [-0.25, -0.2) is 9.59 Å². The SMILES string of the molecule is CC1CCCN1C(=O)NC1(C(=O)O)CCOC1. The number of nitrogens with zero attached hydrogens (tertiary/aromatic N) is 1. The van der Waals surface area contributed by atoms with Gasteiger partial charge in [-0.05, 0) is 19.8 Å². The van der Waals surface area contributed by atoms with E-state index in [1.165, 1.54) is 0 Å². The van der Waals surface area contributed by atoms with Crippen molar-refractivity contribution >= 4 is 12.0 Å². The molecule has 2 aliphatic rings. The maximum atomic E-state index is 12.0. The van der Waals surface area contributed by atoms with Crippen LogP contribution in [0, 0.1) is 0 Å². The average molecular weight is 242 g/mol. The minimum absolute atomic E-state index is 0.0519. The number of hydrogen-bond acceptors (Lipinski definition) is 3. The molecule has 2 aliphatic heterocycles. The van der Waals surface area contributed by atoms with Crippen molar-refractivity contribution in [3.8, 4) is 0 Å². The first-order valence-corrected chi connectivity index (χ1v) is 5.95. The Morgan fingerprint density at radius 1 is 1.53 bits per heavy atom. The number of carbonyl (C=O) groups excluding carboxylic acids is 1. The summed E-state index contributed by atoms with van der Waals surface area (Å²) in [5.41, 5.74) is -1.24. The lowest BCUT2D eigenvalue weighted by molar-refractivity contribution is -0.144. The number of nitrogens with one attached hydrogen (secondary N) is 1. The van der Waals surface area contributed by atoms with E-state index in [1.54, 1.807) is 4.90 Å². The molecule has 2 saturated heterocycles. The van der Waals surface area contributed by atoms with Crippen LogP contribution in [0.5, 0.6) is 0 Å². The minimum atomic E-state index is -1.24. The first-order chi connectivity index (χ1) is 8.05. The molecule has 2 heterocycles. The molecule has 2 unspecified atom stereocenters.